The van der Waals surface area contributed by atoms with Crippen LogP contribution in [0.2, 0.25) is 0 Å². The molecular formula is C13H19F2N3O. The summed E-state index contributed by atoms with van der Waals surface area (Å²) in [5.74, 6) is 0.863. The lowest BCUT2D eigenvalue weighted by Gasteiger charge is -2.10. The van der Waals surface area contributed by atoms with Crippen LogP contribution in [0.25, 0.3) is 0 Å². The highest BCUT2D eigenvalue weighted by molar-refractivity contribution is 5.77. The summed E-state index contributed by atoms with van der Waals surface area (Å²) in [5.41, 5.74) is 6.24. The van der Waals surface area contributed by atoms with E-state index in [1.165, 1.54) is 6.07 Å². The highest BCUT2D eigenvalue weighted by atomic mass is 19.3. The van der Waals surface area contributed by atoms with E-state index in [9.17, 15) is 8.78 Å². The Labute approximate surface area is 111 Å². The van der Waals surface area contributed by atoms with Gasteiger partial charge in [0, 0.05) is 12.1 Å². The third-order valence-electron chi connectivity index (χ3n) is 2.30. The maximum absolute atomic E-state index is 12.2. The number of nitrogens with zero attached hydrogens (tertiary/aromatic N) is 1. The van der Waals surface area contributed by atoms with E-state index in [0.29, 0.717) is 24.0 Å². The molecule has 0 atom stereocenters. The van der Waals surface area contributed by atoms with Crippen molar-refractivity contribution in [3.63, 3.8) is 0 Å². The minimum Gasteiger partial charge on any atom is -0.434 e. The zero-order chi connectivity index (χ0) is 14.3. The van der Waals surface area contributed by atoms with E-state index in [0.717, 1.165) is 0 Å². The molecule has 0 aromatic heterocycles. The molecule has 0 spiro atoms. The third kappa shape index (κ3) is 6.03. The molecule has 1 aromatic carbocycles. The third-order valence-corrected chi connectivity index (χ3v) is 2.30. The molecule has 0 fully saturated rings. The summed E-state index contributed by atoms with van der Waals surface area (Å²) in [6.45, 7) is 2.16. The Balaban J connectivity index is 2.63. The first kappa shape index (κ1) is 15.2. The van der Waals surface area contributed by atoms with Crippen molar-refractivity contribution in [2.24, 2.45) is 16.6 Å². The van der Waals surface area contributed by atoms with Crippen molar-refractivity contribution in [2.45, 2.75) is 27.0 Å². The zero-order valence-corrected chi connectivity index (χ0v) is 11.1. The number of hydrogen-bond donors (Lipinski definition) is 2. The molecule has 0 saturated heterocycles. The van der Waals surface area contributed by atoms with Gasteiger partial charge in [0.15, 0.2) is 5.96 Å². The first-order chi connectivity index (χ1) is 8.99. The van der Waals surface area contributed by atoms with Gasteiger partial charge in [0.05, 0.1) is 6.54 Å². The van der Waals surface area contributed by atoms with Gasteiger partial charge in [-0.25, -0.2) is 4.99 Å². The lowest BCUT2D eigenvalue weighted by molar-refractivity contribution is -0.0504. The van der Waals surface area contributed by atoms with Crippen LogP contribution in [0.15, 0.2) is 29.3 Å². The Hall–Kier alpha value is -1.85. The van der Waals surface area contributed by atoms with Gasteiger partial charge in [0.2, 0.25) is 0 Å². The van der Waals surface area contributed by atoms with Crippen molar-refractivity contribution in [1.82, 2.24) is 5.32 Å². The van der Waals surface area contributed by atoms with Crippen LogP contribution < -0.4 is 15.8 Å². The Kier molecular flexibility index (Phi) is 6.05. The van der Waals surface area contributed by atoms with Gasteiger partial charge < -0.3 is 15.8 Å². The standard InChI is InChI=1S/C13H19F2N3O/c1-9(2)7-17-13(16)18-8-10-5-3-4-6-11(10)19-12(14)15/h3-6,9,12H,7-8H2,1-2H3,(H3,16,17,18). The number of para-hydroxylation sites is 1. The predicted molar refractivity (Wildman–Crippen MR) is 71.2 cm³/mol. The molecule has 1 aromatic rings. The van der Waals surface area contributed by atoms with Crippen LogP contribution >= 0.6 is 0 Å². The molecule has 4 nitrogen and oxygen atoms in total. The fraction of sp³-hybridized carbons (Fsp3) is 0.462. The molecule has 0 amide bonds. The predicted octanol–water partition coefficient (Wildman–Crippen LogP) is 2.35. The van der Waals surface area contributed by atoms with Gasteiger partial charge in [-0.1, -0.05) is 32.0 Å². The maximum Gasteiger partial charge on any atom is 0.387 e. The van der Waals surface area contributed by atoms with Gasteiger partial charge in [-0.15, -0.1) is 0 Å². The number of rotatable bonds is 6. The lowest BCUT2D eigenvalue weighted by Crippen LogP contribution is -2.34. The van der Waals surface area contributed by atoms with E-state index in [-0.39, 0.29) is 12.3 Å². The van der Waals surface area contributed by atoms with E-state index in [2.05, 4.69) is 15.0 Å². The van der Waals surface area contributed by atoms with Crippen molar-refractivity contribution in [2.75, 3.05) is 6.54 Å². The molecule has 3 N–H and O–H groups in total. The van der Waals surface area contributed by atoms with E-state index >= 15 is 0 Å². The molecule has 0 aliphatic heterocycles. The maximum atomic E-state index is 12.2. The Morgan fingerprint density at radius 3 is 2.68 bits per heavy atom. The molecule has 106 valence electrons. The lowest BCUT2D eigenvalue weighted by atomic mass is 10.2. The first-order valence-corrected chi connectivity index (χ1v) is 6.05. The van der Waals surface area contributed by atoms with E-state index in [1.807, 2.05) is 13.8 Å². The average molecular weight is 271 g/mol. The second-order valence-electron chi connectivity index (χ2n) is 4.46. The van der Waals surface area contributed by atoms with Crippen molar-refractivity contribution < 1.29 is 13.5 Å². The number of halogens is 2. The van der Waals surface area contributed by atoms with Crippen molar-refractivity contribution in [3.05, 3.63) is 29.8 Å². The van der Waals surface area contributed by atoms with Gasteiger partial charge in [0.25, 0.3) is 0 Å². The van der Waals surface area contributed by atoms with Crippen molar-refractivity contribution in [1.29, 1.82) is 0 Å². The smallest absolute Gasteiger partial charge is 0.387 e. The van der Waals surface area contributed by atoms with Crippen LogP contribution in [0.1, 0.15) is 19.4 Å². The summed E-state index contributed by atoms with van der Waals surface area (Å²) in [5, 5.41) is 2.95. The number of hydrogen-bond acceptors (Lipinski definition) is 2. The fourth-order valence-corrected chi connectivity index (χ4v) is 1.38. The highest BCUT2D eigenvalue weighted by Gasteiger charge is 2.08. The minimum absolute atomic E-state index is 0.123. The summed E-state index contributed by atoms with van der Waals surface area (Å²) in [7, 11) is 0. The molecular weight excluding hydrogens is 252 g/mol. The van der Waals surface area contributed by atoms with Crippen LogP contribution in [0.5, 0.6) is 5.75 Å². The van der Waals surface area contributed by atoms with Gasteiger partial charge in [0.1, 0.15) is 5.75 Å². The number of ether oxygens (including phenoxy) is 1. The SMILES string of the molecule is CC(C)CNC(N)=NCc1ccccc1OC(F)F. The molecule has 0 aliphatic carbocycles. The Morgan fingerprint density at radius 1 is 1.37 bits per heavy atom. The average Bonchev–Trinajstić information content (AvgIpc) is 2.34. The van der Waals surface area contributed by atoms with Crippen LogP contribution in [0.4, 0.5) is 8.78 Å². The van der Waals surface area contributed by atoms with E-state index in [4.69, 9.17) is 5.73 Å². The normalized spacial score (nSPS) is 12.0. The Morgan fingerprint density at radius 2 is 2.05 bits per heavy atom. The summed E-state index contributed by atoms with van der Waals surface area (Å²) >= 11 is 0. The van der Waals surface area contributed by atoms with Gasteiger partial charge >= 0.3 is 6.61 Å². The Bertz CT molecular complexity index is 422. The number of nitrogens with one attached hydrogen (secondary N) is 1. The molecule has 0 radical (unpaired) electrons. The molecule has 19 heavy (non-hydrogen) atoms. The van der Waals surface area contributed by atoms with Gasteiger partial charge in [-0.3, -0.25) is 0 Å². The molecule has 0 aliphatic rings. The van der Waals surface area contributed by atoms with Crippen LogP contribution in [-0.4, -0.2) is 19.1 Å². The quantitative estimate of drug-likeness (QED) is 0.616. The molecule has 0 bridgehead atoms. The molecule has 1 rings (SSSR count). The van der Waals surface area contributed by atoms with E-state index < -0.39 is 6.61 Å². The number of alkyl halides is 2. The number of aliphatic imine (C=N–C) groups is 1. The summed E-state index contributed by atoms with van der Waals surface area (Å²) in [4.78, 5) is 4.09. The molecule has 6 heteroatoms. The largest absolute Gasteiger partial charge is 0.434 e. The second kappa shape index (κ2) is 7.56. The first-order valence-electron chi connectivity index (χ1n) is 6.05. The molecule has 0 heterocycles. The minimum atomic E-state index is -2.85. The topological polar surface area (TPSA) is 59.6 Å². The van der Waals surface area contributed by atoms with E-state index in [1.54, 1.807) is 18.2 Å². The monoisotopic (exact) mass is 271 g/mol. The van der Waals surface area contributed by atoms with Gasteiger partial charge in [-0.05, 0) is 12.0 Å². The van der Waals surface area contributed by atoms with Crippen molar-refractivity contribution >= 4 is 5.96 Å². The number of benzene rings is 1. The summed E-state index contributed by atoms with van der Waals surface area (Å²) in [6, 6.07) is 6.53. The van der Waals surface area contributed by atoms with Crippen LogP contribution in [-0.2, 0) is 6.54 Å². The number of nitrogens with two attached hydrogens (primary N) is 1. The van der Waals surface area contributed by atoms with Gasteiger partial charge in [-0.2, -0.15) is 8.78 Å². The summed E-state index contributed by atoms with van der Waals surface area (Å²) < 4.78 is 28.8. The molecule has 0 saturated carbocycles. The molecule has 0 unspecified atom stereocenters. The summed E-state index contributed by atoms with van der Waals surface area (Å²) in [6.07, 6.45) is 0. The second-order valence-corrected chi connectivity index (χ2v) is 4.46. The highest BCUT2D eigenvalue weighted by Crippen LogP contribution is 2.20. The van der Waals surface area contributed by atoms with Crippen LogP contribution in [0.3, 0.4) is 0 Å². The zero-order valence-electron chi connectivity index (χ0n) is 11.1. The van der Waals surface area contributed by atoms with Crippen LogP contribution in [0, 0.1) is 5.92 Å². The van der Waals surface area contributed by atoms with Crippen molar-refractivity contribution in [3.8, 4) is 5.75 Å². The number of guanidine groups is 1. The fourth-order valence-electron chi connectivity index (χ4n) is 1.38.